The Morgan fingerprint density at radius 3 is 2.50 bits per heavy atom. The average molecular weight is 432 g/mol. The SMILES string of the molecule is Cc1ccc(C(=O)NC(C)c2cccc([N+](=O)[O-])c2)cc1S(=O)(=O)N1CCCCC1. The lowest BCUT2D eigenvalue weighted by atomic mass is 10.1. The first kappa shape index (κ1) is 21.9. The van der Waals surface area contributed by atoms with Gasteiger partial charge >= 0.3 is 0 Å². The van der Waals surface area contributed by atoms with Crippen molar-refractivity contribution < 1.29 is 18.1 Å². The topological polar surface area (TPSA) is 110 Å². The van der Waals surface area contributed by atoms with Crippen LogP contribution in [0, 0.1) is 17.0 Å². The summed E-state index contributed by atoms with van der Waals surface area (Å²) in [7, 11) is -3.67. The van der Waals surface area contributed by atoms with Crippen LogP contribution in [0.2, 0.25) is 0 Å². The molecular weight excluding hydrogens is 406 g/mol. The number of hydrogen-bond donors (Lipinski definition) is 1. The molecular formula is C21H25N3O5S. The minimum Gasteiger partial charge on any atom is -0.346 e. The van der Waals surface area contributed by atoms with E-state index in [4.69, 9.17) is 0 Å². The van der Waals surface area contributed by atoms with Crippen LogP contribution in [-0.2, 0) is 10.0 Å². The number of hydrogen-bond acceptors (Lipinski definition) is 5. The highest BCUT2D eigenvalue weighted by Gasteiger charge is 2.28. The van der Waals surface area contributed by atoms with Gasteiger partial charge < -0.3 is 5.32 Å². The third kappa shape index (κ3) is 4.68. The maximum absolute atomic E-state index is 13.1. The third-order valence-corrected chi connectivity index (χ3v) is 7.35. The summed E-state index contributed by atoms with van der Waals surface area (Å²) in [5, 5.41) is 13.8. The number of amides is 1. The number of carbonyl (C=O) groups is 1. The Kier molecular flexibility index (Phi) is 6.52. The van der Waals surface area contributed by atoms with Gasteiger partial charge in [0.1, 0.15) is 0 Å². The van der Waals surface area contributed by atoms with Crippen LogP contribution in [0.25, 0.3) is 0 Å². The first-order valence-corrected chi connectivity index (χ1v) is 11.3. The molecule has 1 saturated heterocycles. The van der Waals surface area contributed by atoms with Crippen LogP contribution < -0.4 is 5.32 Å². The molecule has 1 amide bonds. The van der Waals surface area contributed by atoms with Gasteiger partial charge in [0.15, 0.2) is 0 Å². The predicted octanol–water partition coefficient (Wildman–Crippen LogP) is 3.57. The minimum atomic E-state index is -3.67. The van der Waals surface area contributed by atoms with Crippen molar-refractivity contribution in [1.82, 2.24) is 9.62 Å². The summed E-state index contributed by atoms with van der Waals surface area (Å²) in [6.07, 6.45) is 2.68. The van der Waals surface area contributed by atoms with E-state index in [2.05, 4.69) is 5.32 Å². The molecule has 0 spiro atoms. The highest BCUT2D eigenvalue weighted by atomic mass is 32.2. The Morgan fingerprint density at radius 1 is 1.13 bits per heavy atom. The molecule has 2 aromatic carbocycles. The quantitative estimate of drug-likeness (QED) is 0.555. The number of aryl methyl sites for hydroxylation is 1. The van der Waals surface area contributed by atoms with Gasteiger partial charge in [-0.25, -0.2) is 8.42 Å². The summed E-state index contributed by atoms with van der Waals surface area (Å²) < 4.78 is 27.6. The van der Waals surface area contributed by atoms with Crippen LogP contribution in [0.5, 0.6) is 0 Å². The smallest absolute Gasteiger partial charge is 0.269 e. The second-order valence-electron chi connectivity index (χ2n) is 7.49. The fourth-order valence-electron chi connectivity index (χ4n) is 3.53. The van der Waals surface area contributed by atoms with Crippen molar-refractivity contribution in [3.63, 3.8) is 0 Å². The Bertz CT molecular complexity index is 1060. The maximum atomic E-state index is 13.1. The zero-order chi connectivity index (χ0) is 21.9. The van der Waals surface area contributed by atoms with Gasteiger partial charge in [0, 0.05) is 30.8 Å². The minimum absolute atomic E-state index is 0.0566. The van der Waals surface area contributed by atoms with Gasteiger partial charge in [-0.15, -0.1) is 0 Å². The molecule has 1 aliphatic heterocycles. The summed E-state index contributed by atoms with van der Waals surface area (Å²) >= 11 is 0. The zero-order valence-electron chi connectivity index (χ0n) is 17.0. The third-order valence-electron chi connectivity index (χ3n) is 5.31. The number of benzene rings is 2. The number of nitro groups is 1. The first-order chi connectivity index (χ1) is 14.2. The van der Waals surface area contributed by atoms with Crippen LogP contribution in [0.15, 0.2) is 47.4 Å². The lowest BCUT2D eigenvalue weighted by Crippen LogP contribution is -2.36. The van der Waals surface area contributed by atoms with Gasteiger partial charge in [0.2, 0.25) is 10.0 Å². The number of non-ortho nitro benzene ring substituents is 1. The average Bonchev–Trinajstić information content (AvgIpc) is 2.74. The Labute approximate surface area is 176 Å². The Hall–Kier alpha value is -2.78. The largest absolute Gasteiger partial charge is 0.346 e. The van der Waals surface area contributed by atoms with E-state index in [1.54, 1.807) is 38.1 Å². The van der Waals surface area contributed by atoms with Crippen molar-refractivity contribution in [2.24, 2.45) is 0 Å². The van der Waals surface area contributed by atoms with Crippen LogP contribution in [0.3, 0.4) is 0 Å². The van der Waals surface area contributed by atoms with Gasteiger partial charge in [-0.3, -0.25) is 14.9 Å². The summed E-state index contributed by atoms with van der Waals surface area (Å²) in [6, 6.07) is 10.2. The molecule has 1 unspecified atom stereocenters. The van der Waals surface area contributed by atoms with Crippen LogP contribution in [0.1, 0.15) is 53.7 Å². The molecule has 1 fully saturated rings. The standard InChI is InChI=1S/C21H25N3O5S/c1-15-9-10-18(14-20(15)30(28,29)23-11-4-3-5-12-23)21(25)22-16(2)17-7-6-8-19(13-17)24(26)27/h6-10,13-14,16H,3-5,11-12H2,1-2H3,(H,22,25). The molecule has 8 nitrogen and oxygen atoms in total. The number of sulfonamides is 1. The van der Waals surface area contributed by atoms with E-state index in [0.29, 0.717) is 24.2 Å². The summed E-state index contributed by atoms with van der Waals surface area (Å²) in [5.41, 5.74) is 1.35. The van der Waals surface area contributed by atoms with Crippen molar-refractivity contribution in [3.05, 3.63) is 69.3 Å². The summed E-state index contributed by atoms with van der Waals surface area (Å²) in [5.74, 6) is -0.441. The van der Waals surface area contributed by atoms with E-state index in [0.717, 1.165) is 19.3 Å². The second kappa shape index (κ2) is 8.93. The van der Waals surface area contributed by atoms with Gasteiger partial charge in [-0.2, -0.15) is 4.31 Å². The number of nitro benzene ring substituents is 1. The predicted molar refractivity (Wildman–Crippen MR) is 113 cm³/mol. The van der Waals surface area contributed by atoms with Crippen molar-refractivity contribution >= 4 is 21.6 Å². The molecule has 1 aliphatic rings. The summed E-state index contributed by atoms with van der Waals surface area (Å²) in [6.45, 7) is 4.41. The number of nitrogens with zero attached hydrogens (tertiary/aromatic N) is 2. The van der Waals surface area contributed by atoms with Gasteiger partial charge in [-0.1, -0.05) is 24.6 Å². The van der Waals surface area contributed by atoms with Crippen LogP contribution in [0.4, 0.5) is 5.69 Å². The summed E-state index contributed by atoms with van der Waals surface area (Å²) in [4.78, 5) is 23.4. The molecule has 1 heterocycles. The molecule has 9 heteroatoms. The lowest BCUT2D eigenvalue weighted by molar-refractivity contribution is -0.384. The highest BCUT2D eigenvalue weighted by Crippen LogP contribution is 2.25. The fourth-order valence-corrected chi connectivity index (χ4v) is 5.30. The molecule has 0 aromatic heterocycles. The molecule has 1 N–H and O–H groups in total. The molecule has 1 atom stereocenters. The number of rotatable bonds is 6. The van der Waals surface area contributed by atoms with E-state index >= 15 is 0 Å². The van der Waals surface area contributed by atoms with E-state index in [1.807, 2.05) is 0 Å². The van der Waals surface area contributed by atoms with Crippen LogP contribution in [-0.4, -0.2) is 36.6 Å². The molecule has 3 rings (SSSR count). The number of carbonyl (C=O) groups excluding carboxylic acids is 1. The van der Waals surface area contributed by atoms with Gasteiger partial charge in [-0.05, 0) is 49.9 Å². The number of piperidine rings is 1. The van der Waals surface area contributed by atoms with Gasteiger partial charge in [0.25, 0.3) is 11.6 Å². The Morgan fingerprint density at radius 2 is 1.83 bits per heavy atom. The molecule has 0 radical (unpaired) electrons. The van der Waals surface area contributed by atoms with Crippen LogP contribution >= 0.6 is 0 Å². The normalized spacial score (nSPS) is 16.1. The first-order valence-electron chi connectivity index (χ1n) is 9.86. The molecule has 160 valence electrons. The van der Waals surface area contributed by atoms with E-state index in [-0.39, 0.29) is 16.1 Å². The molecule has 0 saturated carbocycles. The molecule has 2 aromatic rings. The molecule has 30 heavy (non-hydrogen) atoms. The molecule has 0 bridgehead atoms. The van der Waals surface area contributed by atoms with Crippen molar-refractivity contribution in [2.75, 3.05) is 13.1 Å². The highest BCUT2D eigenvalue weighted by molar-refractivity contribution is 7.89. The van der Waals surface area contributed by atoms with Gasteiger partial charge in [0.05, 0.1) is 15.9 Å². The lowest BCUT2D eigenvalue weighted by Gasteiger charge is -2.26. The fraction of sp³-hybridized carbons (Fsp3) is 0.381. The second-order valence-corrected chi connectivity index (χ2v) is 9.40. The maximum Gasteiger partial charge on any atom is 0.269 e. The van der Waals surface area contributed by atoms with Crippen molar-refractivity contribution in [3.8, 4) is 0 Å². The van der Waals surface area contributed by atoms with E-state index in [1.165, 1.54) is 22.5 Å². The Balaban J connectivity index is 1.82. The zero-order valence-corrected chi connectivity index (χ0v) is 17.8. The van der Waals surface area contributed by atoms with Crippen molar-refractivity contribution in [1.29, 1.82) is 0 Å². The van der Waals surface area contributed by atoms with E-state index in [9.17, 15) is 23.3 Å². The van der Waals surface area contributed by atoms with Crippen molar-refractivity contribution in [2.45, 2.75) is 44.0 Å². The number of nitrogens with one attached hydrogen (secondary N) is 1. The van der Waals surface area contributed by atoms with E-state index < -0.39 is 26.9 Å². The monoisotopic (exact) mass is 431 g/mol. The molecule has 0 aliphatic carbocycles.